The van der Waals surface area contributed by atoms with Crippen LogP contribution in [0, 0.1) is 34.5 Å². The molecule has 2 spiro atoms. The maximum absolute atomic E-state index is 14.3. The third kappa shape index (κ3) is 8.31. The molecule has 0 radical (unpaired) electrons. The lowest BCUT2D eigenvalue weighted by Gasteiger charge is -2.34. The Hall–Kier alpha value is -5.84. The largest absolute Gasteiger partial charge is 0.453 e. The maximum atomic E-state index is 14.3. The van der Waals surface area contributed by atoms with E-state index in [4.69, 9.17) is 19.4 Å². The first-order valence-corrected chi connectivity index (χ1v) is 21.9. The van der Waals surface area contributed by atoms with E-state index in [1.165, 1.54) is 14.2 Å². The van der Waals surface area contributed by atoms with E-state index in [1.54, 1.807) is 0 Å². The van der Waals surface area contributed by atoms with E-state index in [0.717, 1.165) is 116 Å². The molecule has 3 aliphatic carbocycles. The molecule has 2 saturated heterocycles. The maximum Gasteiger partial charge on any atom is 0.407 e. The monoisotopic (exact) mass is 828 g/mol. The highest BCUT2D eigenvalue weighted by Gasteiger charge is 2.56. The number of nitrogens with zero attached hydrogens (tertiary/aromatic N) is 4. The summed E-state index contributed by atoms with van der Waals surface area (Å²) in [7, 11) is 2.64. The van der Waals surface area contributed by atoms with Gasteiger partial charge in [-0.05, 0) is 110 Å². The van der Waals surface area contributed by atoms with Crippen LogP contribution in [0.3, 0.4) is 0 Å². The molecule has 0 unspecified atom stereocenters. The standard InChI is InChI=1S/C47H56N8O6/c1-28(2)38(52-44(58)60-3)42(56)54-26-46(18-19-46)23-36(54)40-48-25-35(51-40)31-15-12-29(13-16-31)10-11-30-14-17-33-34(22-30)50-41(49-33)37-24-47(20-21-47)27-55(37)43(57)39(53-45(59)61-4)32-8-6-5-7-9-32/h12-17,22,25,28,32,36-39H,5-9,18-21,23-24,26-27H2,1-4H3,(H,48,51)(H,49,50)(H,52,58)(H,53,59)/t36-,37-,38-,39-/m0/s1. The molecule has 9 rings (SSSR count). The van der Waals surface area contributed by atoms with Crippen molar-refractivity contribution in [2.45, 2.75) is 109 Å². The second-order valence-corrected chi connectivity index (χ2v) is 18.6. The van der Waals surface area contributed by atoms with Crippen LogP contribution in [0.5, 0.6) is 0 Å². The minimum Gasteiger partial charge on any atom is -0.453 e. The molecule has 2 aromatic carbocycles. The van der Waals surface area contributed by atoms with Gasteiger partial charge in [-0.2, -0.15) is 0 Å². The Morgan fingerprint density at radius 1 is 0.770 bits per heavy atom. The van der Waals surface area contributed by atoms with Crippen LogP contribution in [0.25, 0.3) is 22.3 Å². The van der Waals surface area contributed by atoms with Crippen LogP contribution in [-0.2, 0) is 19.1 Å². The lowest BCUT2D eigenvalue weighted by Crippen LogP contribution is -2.52. The molecule has 5 aliphatic rings. The Morgan fingerprint density at radius 2 is 1.38 bits per heavy atom. The molecule has 61 heavy (non-hydrogen) atoms. The lowest BCUT2D eigenvalue weighted by atomic mass is 9.83. The summed E-state index contributed by atoms with van der Waals surface area (Å²) >= 11 is 0. The fourth-order valence-electron chi connectivity index (χ4n) is 10.0. The Morgan fingerprint density at radius 3 is 2.02 bits per heavy atom. The molecular weight excluding hydrogens is 773 g/mol. The van der Waals surface area contributed by atoms with Crippen molar-refractivity contribution in [1.82, 2.24) is 40.4 Å². The molecule has 2 aliphatic heterocycles. The summed E-state index contributed by atoms with van der Waals surface area (Å²) in [5, 5.41) is 5.65. The number of fused-ring (bicyclic) bond motifs is 1. The number of aromatic amines is 2. The lowest BCUT2D eigenvalue weighted by molar-refractivity contribution is -0.136. The number of alkyl carbamates (subject to hydrolysis) is 2. The van der Waals surface area contributed by atoms with Gasteiger partial charge in [-0.3, -0.25) is 9.59 Å². The molecule has 4 aromatic rings. The van der Waals surface area contributed by atoms with E-state index in [-0.39, 0.29) is 46.6 Å². The number of aromatic nitrogens is 4. The van der Waals surface area contributed by atoms with E-state index >= 15 is 0 Å². The van der Waals surface area contributed by atoms with Gasteiger partial charge in [0.1, 0.15) is 23.7 Å². The first kappa shape index (κ1) is 40.6. The molecule has 4 amide bonds. The van der Waals surface area contributed by atoms with Crippen LogP contribution in [0.4, 0.5) is 9.59 Å². The van der Waals surface area contributed by atoms with Crippen molar-refractivity contribution < 1.29 is 28.7 Å². The first-order valence-electron chi connectivity index (χ1n) is 21.9. The highest BCUT2D eigenvalue weighted by molar-refractivity contribution is 5.88. The van der Waals surface area contributed by atoms with Crippen molar-refractivity contribution in [2.24, 2.45) is 22.7 Å². The summed E-state index contributed by atoms with van der Waals surface area (Å²) in [5.41, 5.74) is 5.43. The van der Waals surface area contributed by atoms with Gasteiger partial charge in [0.15, 0.2) is 0 Å². The van der Waals surface area contributed by atoms with Crippen LogP contribution < -0.4 is 10.6 Å². The van der Waals surface area contributed by atoms with E-state index in [0.29, 0.717) is 13.1 Å². The normalized spacial score (nSPS) is 22.2. The van der Waals surface area contributed by atoms with E-state index in [9.17, 15) is 19.2 Å². The van der Waals surface area contributed by atoms with E-state index in [2.05, 4.69) is 32.4 Å². The molecule has 3 saturated carbocycles. The zero-order chi connectivity index (χ0) is 42.5. The summed E-state index contributed by atoms with van der Waals surface area (Å²) in [5.74, 6) is 7.95. The molecule has 5 fully saturated rings. The number of rotatable bonds is 9. The number of carbonyl (C=O) groups excluding carboxylic acids is 4. The summed E-state index contributed by atoms with van der Waals surface area (Å²) in [6, 6.07) is 12.2. The van der Waals surface area contributed by atoms with Crippen molar-refractivity contribution in [3.8, 4) is 23.1 Å². The van der Waals surface area contributed by atoms with Gasteiger partial charge in [0, 0.05) is 24.2 Å². The summed E-state index contributed by atoms with van der Waals surface area (Å²) in [6.07, 6.45) is 11.8. The van der Waals surface area contributed by atoms with Gasteiger partial charge in [-0.15, -0.1) is 0 Å². The predicted octanol–water partition coefficient (Wildman–Crippen LogP) is 7.15. The fraction of sp³-hybridized carbons (Fsp3) is 0.532. The summed E-state index contributed by atoms with van der Waals surface area (Å²) in [4.78, 5) is 73.4. The van der Waals surface area contributed by atoms with Gasteiger partial charge in [0.05, 0.1) is 49.2 Å². The Kier molecular flexibility index (Phi) is 10.8. The topological polar surface area (TPSA) is 175 Å². The number of likely N-dealkylation sites (tertiary alicyclic amines) is 2. The van der Waals surface area contributed by atoms with Crippen molar-refractivity contribution in [3.63, 3.8) is 0 Å². The van der Waals surface area contributed by atoms with Gasteiger partial charge < -0.3 is 39.9 Å². The number of hydrogen-bond acceptors (Lipinski definition) is 8. The number of hydrogen-bond donors (Lipinski definition) is 4. The number of H-pyrrole nitrogens is 2. The number of methoxy groups -OCH3 is 2. The molecule has 320 valence electrons. The first-order chi connectivity index (χ1) is 29.5. The van der Waals surface area contributed by atoms with Gasteiger partial charge in [0.2, 0.25) is 11.8 Å². The van der Waals surface area contributed by atoms with Crippen molar-refractivity contribution in [2.75, 3.05) is 27.3 Å². The number of amides is 4. The minimum atomic E-state index is -0.691. The van der Waals surface area contributed by atoms with Crippen LogP contribution in [0.2, 0.25) is 0 Å². The fourth-order valence-corrected chi connectivity index (χ4v) is 10.0. The molecule has 0 bridgehead atoms. The minimum absolute atomic E-state index is 0.0397. The second kappa shape index (κ2) is 16.2. The Balaban J connectivity index is 0.888. The molecule has 2 aromatic heterocycles. The molecule has 14 heteroatoms. The number of benzene rings is 2. The van der Waals surface area contributed by atoms with Gasteiger partial charge in [0.25, 0.3) is 0 Å². The summed E-state index contributed by atoms with van der Waals surface area (Å²) in [6.45, 7) is 5.17. The Bertz CT molecular complexity index is 2380. The van der Waals surface area contributed by atoms with Crippen LogP contribution in [0.15, 0.2) is 48.7 Å². The zero-order valence-corrected chi connectivity index (χ0v) is 35.5. The zero-order valence-electron chi connectivity index (χ0n) is 35.5. The average molecular weight is 829 g/mol. The third-order valence-corrected chi connectivity index (χ3v) is 14.0. The molecule has 4 atom stereocenters. The number of carbonyl (C=O) groups is 4. The van der Waals surface area contributed by atoms with Crippen LogP contribution in [-0.4, -0.2) is 93.1 Å². The summed E-state index contributed by atoms with van der Waals surface area (Å²) < 4.78 is 9.76. The third-order valence-electron chi connectivity index (χ3n) is 14.0. The number of imidazole rings is 2. The van der Waals surface area contributed by atoms with Crippen molar-refractivity contribution in [3.05, 3.63) is 71.4 Å². The SMILES string of the molecule is COC(=O)N[C@H](C(=O)N1CC2(CC2)C[C@H]1c1ncc(-c2ccc(C#Cc3ccc4nc([C@@H]5CC6(CC6)CN5C(=O)[C@@H](NC(=O)OC)C5CCCCC5)[nH]c4c3)cc2)[nH]1)C(C)C. The average Bonchev–Trinajstić information content (AvgIpc) is 3.89. The highest BCUT2D eigenvalue weighted by Crippen LogP contribution is 2.59. The van der Waals surface area contributed by atoms with Gasteiger partial charge in [-0.25, -0.2) is 19.6 Å². The van der Waals surface area contributed by atoms with Gasteiger partial charge >= 0.3 is 12.2 Å². The van der Waals surface area contributed by atoms with Crippen molar-refractivity contribution >= 4 is 35.0 Å². The van der Waals surface area contributed by atoms with Gasteiger partial charge in [-0.1, -0.05) is 57.1 Å². The molecule has 14 nitrogen and oxygen atoms in total. The van der Waals surface area contributed by atoms with Crippen LogP contribution >= 0.6 is 0 Å². The Labute approximate surface area is 356 Å². The van der Waals surface area contributed by atoms with Crippen molar-refractivity contribution in [1.29, 1.82) is 0 Å². The molecular formula is C47H56N8O6. The van der Waals surface area contributed by atoms with Crippen LogP contribution in [0.1, 0.15) is 119 Å². The quantitative estimate of drug-likeness (QED) is 0.129. The van der Waals surface area contributed by atoms with E-state index in [1.807, 2.05) is 72.3 Å². The predicted molar refractivity (Wildman–Crippen MR) is 228 cm³/mol. The highest BCUT2D eigenvalue weighted by atomic mass is 16.5. The molecule has 4 heterocycles. The smallest absolute Gasteiger partial charge is 0.407 e. The number of ether oxygens (including phenoxy) is 2. The second-order valence-electron chi connectivity index (χ2n) is 18.6. The van der Waals surface area contributed by atoms with E-state index < -0.39 is 24.3 Å². The number of nitrogens with one attached hydrogen (secondary N) is 4. The molecule has 4 N–H and O–H groups in total.